The van der Waals surface area contributed by atoms with Crippen molar-refractivity contribution in [3.63, 3.8) is 0 Å². The molecule has 3 aromatic rings. The Morgan fingerprint density at radius 3 is 2.78 bits per heavy atom. The summed E-state index contributed by atoms with van der Waals surface area (Å²) < 4.78 is 1.92. The summed E-state index contributed by atoms with van der Waals surface area (Å²) in [5.74, 6) is 2.07. The van der Waals surface area contributed by atoms with Crippen molar-refractivity contribution in [3.8, 4) is 5.69 Å². The smallest absolute Gasteiger partial charge is 0.315 e. The van der Waals surface area contributed by atoms with Crippen LogP contribution in [0.2, 0.25) is 0 Å². The number of hydrogen-bond acceptors (Lipinski definition) is 3. The molecule has 140 valence electrons. The molecule has 6 heteroatoms. The molecule has 27 heavy (non-hydrogen) atoms. The van der Waals surface area contributed by atoms with Crippen molar-refractivity contribution in [2.24, 2.45) is 11.7 Å². The fraction of sp³-hybridized carbons (Fsp3) is 0.381. The largest absolute Gasteiger partial charge is 0.351 e. The molecule has 0 aliphatic carbocycles. The maximum absolute atomic E-state index is 11.9. The van der Waals surface area contributed by atoms with Gasteiger partial charge in [-0.25, -0.2) is 14.5 Å². The number of likely N-dealkylation sites (tertiary alicyclic amines) is 1. The van der Waals surface area contributed by atoms with E-state index in [9.17, 15) is 4.79 Å². The number of fused-ring (bicyclic) bond motifs is 1. The summed E-state index contributed by atoms with van der Waals surface area (Å²) in [6.45, 7) is 4.98. The van der Waals surface area contributed by atoms with Crippen molar-refractivity contribution >= 4 is 16.8 Å². The topological polar surface area (TPSA) is 77.0 Å². The number of nitrogens with zero attached hydrogens (tertiary/aromatic N) is 4. The number of carbonyl (C=O) groups excluding carboxylic acids is 1. The van der Waals surface area contributed by atoms with E-state index in [1.54, 1.807) is 4.90 Å². The summed E-state index contributed by atoms with van der Waals surface area (Å²) in [5.41, 5.74) is 6.61. The van der Waals surface area contributed by atoms with E-state index in [1.165, 1.54) is 0 Å². The first-order chi connectivity index (χ1) is 13.0. The van der Waals surface area contributed by atoms with Gasteiger partial charge in [0.05, 0.1) is 11.7 Å². The van der Waals surface area contributed by atoms with Gasteiger partial charge in [-0.15, -0.1) is 0 Å². The van der Waals surface area contributed by atoms with Crippen LogP contribution >= 0.6 is 0 Å². The molecule has 6 nitrogen and oxygen atoms in total. The van der Waals surface area contributed by atoms with Crippen LogP contribution in [0.5, 0.6) is 0 Å². The number of primary amides is 1. The molecule has 1 saturated heterocycles. The molecule has 4 rings (SSSR count). The van der Waals surface area contributed by atoms with Crippen LogP contribution in [-0.4, -0.2) is 32.2 Å². The average molecular weight is 363 g/mol. The Bertz CT molecular complexity index is 972. The lowest BCUT2D eigenvalue weighted by Gasteiger charge is -2.22. The Morgan fingerprint density at radius 1 is 1.22 bits per heavy atom. The lowest BCUT2D eigenvalue weighted by atomic mass is 10.1. The molecule has 0 saturated carbocycles. The predicted octanol–water partition coefficient (Wildman–Crippen LogP) is 3.83. The van der Waals surface area contributed by atoms with Crippen molar-refractivity contribution in [1.29, 1.82) is 0 Å². The van der Waals surface area contributed by atoms with Crippen molar-refractivity contribution in [2.45, 2.75) is 39.2 Å². The third-order valence-corrected chi connectivity index (χ3v) is 5.10. The van der Waals surface area contributed by atoms with Crippen LogP contribution in [0.1, 0.15) is 44.4 Å². The summed E-state index contributed by atoms with van der Waals surface area (Å²) in [7, 11) is 0. The first-order valence-electron chi connectivity index (χ1n) is 9.54. The van der Waals surface area contributed by atoms with E-state index in [0.717, 1.165) is 47.4 Å². The summed E-state index contributed by atoms with van der Waals surface area (Å²) in [6, 6.07) is 13.9. The number of carbonyl (C=O) groups is 1. The van der Waals surface area contributed by atoms with E-state index in [0.29, 0.717) is 12.5 Å². The van der Waals surface area contributed by atoms with Gasteiger partial charge in [0.2, 0.25) is 0 Å². The molecule has 0 bridgehead atoms. The highest BCUT2D eigenvalue weighted by Gasteiger charge is 2.33. The molecule has 2 heterocycles. The molecule has 2 aromatic carbocycles. The van der Waals surface area contributed by atoms with E-state index in [-0.39, 0.29) is 6.04 Å². The van der Waals surface area contributed by atoms with Gasteiger partial charge in [-0.3, -0.25) is 0 Å². The average Bonchev–Trinajstić information content (AvgIpc) is 3.27. The Morgan fingerprint density at radius 2 is 2.00 bits per heavy atom. The molecule has 0 spiro atoms. The maximum Gasteiger partial charge on any atom is 0.315 e. The standard InChI is InChI=1S/C21H25N5O/c1-14(2)13-19-23-20(18-11-6-12-25(18)21(22)27)26(24-19)17-10-5-8-15-7-3-4-9-16(15)17/h3-5,7-10,14,18H,6,11-13H2,1-2H3,(H2,22,27)/t18-/m0/s1. The van der Waals surface area contributed by atoms with Crippen LogP contribution in [0.3, 0.4) is 0 Å². The monoisotopic (exact) mass is 363 g/mol. The maximum atomic E-state index is 11.9. The van der Waals surface area contributed by atoms with Crippen LogP contribution < -0.4 is 5.73 Å². The number of aromatic nitrogens is 3. The Balaban J connectivity index is 1.88. The molecule has 1 fully saturated rings. The van der Waals surface area contributed by atoms with E-state index in [4.69, 9.17) is 15.8 Å². The van der Waals surface area contributed by atoms with Crippen molar-refractivity contribution < 1.29 is 4.79 Å². The van der Waals surface area contributed by atoms with Gasteiger partial charge in [-0.1, -0.05) is 50.2 Å². The molecule has 0 unspecified atom stereocenters. The number of rotatable bonds is 4. The Labute approximate surface area is 159 Å². The molecule has 1 atom stereocenters. The number of nitrogens with two attached hydrogens (primary N) is 1. The molecule has 1 aliphatic rings. The van der Waals surface area contributed by atoms with Crippen LogP contribution in [0, 0.1) is 5.92 Å². The third kappa shape index (κ3) is 3.27. The zero-order valence-electron chi connectivity index (χ0n) is 15.8. The van der Waals surface area contributed by atoms with Gasteiger partial charge in [-0.05, 0) is 30.2 Å². The quantitative estimate of drug-likeness (QED) is 0.765. The second-order valence-electron chi connectivity index (χ2n) is 7.58. The highest BCUT2D eigenvalue weighted by molar-refractivity contribution is 5.90. The van der Waals surface area contributed by atoms with E-state index < -0.39 is 6.03 Å². The number of amides is 2. The number of benzene rings is 2. The lowest BCUT2D eigenvalue weighted by Crippen LogP contribution is -2.36. The highest BCUT2D eigenvalue weighted by atomic mass is 16.2. The van der Waals surface area contributed by atoms with Crippen LogP contribution in [0.15, 0.2) is 42.5 Å². The molecule has 2 amide bonds. The fourth-order valence-corrected chi connectivity index (χ4v) is 3.91. The predicted molar refractivity (Wildman–Crippen MR) is 106 cm³/mol. The highest BCUT2D eigenvalue weighted by Crippen LogP contribution is 2.33. The van der Waals surface area contributed by atoms with E-state index >= 15 is 0 Å². The summed E-state index contributed by atoms with van der Waals surface area (Å²) in [5, 5.41) is 7.11. The van der Waals surface area contributed by atoms with Crippen LogP contribution in [-0.2, 0) is 6.42 Å². The summed E-state index contributed by atoms with van der Waals surface area (Å²) in [4.78, 5) is 18.5. The van der Waals surface area contributed by atoms with E-state index in [2.05, 4.69) is 38.1 Å². The minimum absolute atomic E-state index is 0.130. The lowest BCUT2D eigenvalue weighted by molar-refractivity contribution is 0.200. The Hall–Kier alpha value is -2.89. The second kappa shape index (κ2) is 7.02. The van der Waals surface area contributed by atoms with Crippen molar-refractivity contribution in [1.82, 2.24) is 19.7 Å². The molecule has 2 N–H and O–H groups in total. The van der Waals surface area contributed by atoms with Crippen molar-refractivity contribution in [2.75, 3.05) is 6.54 Å². The molecule has 1 aromatic heterocycles. The van der Waals surface area contributed by atoms with Gasteiger partial charge in [0.1, 0.15) is 0 Å². The van der Waals surface area contributed by atoms with Gasteiger partial charge < -0.3 is 10.6 Å². The first-order valence-corrected chi connectivity index (χ1v) is 9.54. The molecule has 1 aliphatic heterocycles. The summed E-state index contributed by atoms with van der Waals surface area (Å²) in [6.07, 6.45) is 2.58. The minimum Gasteiger partial charge on any atom is -0.351 e. The second-order valence-corrected chi connectivity index (χ2v) is 7.58. The van der Waals surface area contributed by atoms with E-state index in [1.807, 2.05) is 22.9 Å². The van der Waals surface area contributed by atoms with Crippen LogP contribution in [0.4, 0.5) is 4.79 Å². The molecular weight excluding hydrogens is 338 g/mol. The normalized spacial score (nSPS) is 17.1. The summed E-state index contributed by atoms with van der Waals surface area (Å²) >= 11 is 0. The SMILES string of the molecule is CC(C)Cc1nc([C@@H]2CCCN2C(N)=O)n(-c2cccc3ccccc23)n1. The van der Waals surface area contributed by atoms with Gasteiger partial charge in [0.15, 0.2) is 11.6 Å². The van der Waals surface area contributed by atoms with Gasteiger partial charge in [-0.2, -0.15) is 5.10 Å². The molecule has 0 radical (unpaired) electrons. The fourth-order valence-electron chi connectivity index (χ4n) is 3.91. The zero-order chi connectivity index (χ0) is 19.0. The van der Waals surface area contributed by atoms with Gasteiger partial charge >= 0.3 is 6.03 Å². The molecular formula is C21H25N5O. The Kier molecular flexibility index (Phi) is 4.56. The van der Waals surface area contributed by atoms with Gasteiger partial charge in [0, 0.05) is 18.4 Å². The third-order valence-electron chi connectivity index (χ3n) is 5.10. The zero-order valence-corrected chi connectivity index (χ0v) is 15.8. The van der Waals surface area contributed by atoms with Crippen LogP contribution in [0.25, 0.3) is 16.5 Å². The van der Waals surface area contributed by atoms with Gasteiger partial charge in [0.25, 0.3) is 0 Å². The minimum atomic E-state index is -0.393. The first kappa shape index (κ1) is 17.5. The number of hydrogen-bond donors (Lipinski definition) is 1. The number of urea groups is 1. The van der Waals surface area contributed by atoms with Crippen molar-refractivity contribution in [3.05, 3.63) is 54.1 Å².